The van der Waals surface area contributed by atoms with Crippen LogP contribution in [0.4, 0.5) is 11.5 Å². The summed E-state index contributed by atoms with van der Waals surface area (Å²) < 4.78 is 5.20. The molecule has 0 spiro atoms. The lowest BCUT2D eigenvalue weighted by Gasteiger charge is -2.12. The molecule has 1 N–H and O–H groups in total. The molecule has 0 aliphatic carbocycles. The first-order chi connectivity index (χ1) is 14.2. The van der Waals surface area contributed by atoms with Crippen molar-refractivity contribution in [3.8, 4) is 17.0 Å². The summed E-state index contributed by atoms with van der Waals surface area (Å²) in [5.74, 6) is 1.26. The number of fused-ring (bicyclic) bond motifs is 1. The summed E-state index contributed by atoms with van der Waals surface area (Å²) in [6.07, 6.45) is 0. The van der Waals surface area contributed by atoms with Gasteiger partial charge in [-0.3, -0.25) is 0 Å². The quantitative estimate of drug-likeness (QED) is 0.410. The second-order valence-corrected chi connectivity index (χ2v) is 6.83. The molecule has 0 fully saturated rings. The van der Waals surface area contributed by atoms with Crippen LogP contribution in [-0.2, 0) is 6.54 Å². The van der Waals surface area contributed by atoms with Gasteiger partial charge in [0.2, 0.25) is 0 Å². The zero-order valence-corrected chi connectivity index (χ0v) is 16.4. The minimum absolute atomic E-state index is 0.514. The maximum atomic E-state index is 7.35. The first kappa shape index (κ1) is 18.7. The van der Waals surface area contributed by atoms with E-state index in [1.807, 2.05) is 60.7 Å². The summed E-state index contributed by atoms with van der Waals surface area (Å²) in [7, 11) is 1.59. The highest BCUT2D eigenvalue weighted by atomic mass is 35.5. The molecular weight excluding hydrogens is 384 g/mol. The molecule has 3 aromatic carbocycles. The fraction of sp³-hybridized carbons (Fsp3) is 0.0870. The highest BCUT2D eigenvalue weighted by molar-refractivity contribution is 6.32. The first-order valence-corrected chi connectivity index (χ1v) is 9.37. The Kier molecular flexibility index (Phi) is 5.28. The van der Waals surface area contributed by atoms with E-state index in [0.717, 1.165) is 27.6 Å². The Labute approximate surface area is 173 Å². The molecule has 0 atom stereocenters. The number of nitrogens with one attached hydrogen (secondary N) is 1. The van der Waals surface area contributed by atoms with Crippen LogP contribution in [0.1, 0.15) is 5.56 Å². The van der Waals surface area contributed by atoms with Crippen molar-refractivity contribution in [1.29, 1.82) is 0 Å². The number of aromatic nitrogens is 2. The largest absolute Gasteiger partial charge is 0.495 e. The zero-order chi connectivity index (χ0) is 20.2. The van der Waals surface area contributed by atoms with Crippen molar-refractivity contribution in [2.24, 2.45) is 0 Å². The van der Waals surface area contributed by atoms with E-state index in [1.165, 1.54) is 0 Å². The number of hydrogen-bond acceptors (Lipinski definition) is 4. The summed E-state index contributed by atoms with van der Waals surface area (Å²) in [5, 5.41) is 14.5. The van der Waals surface area contributed by atoms with Crippen molar-refractivity contribution >= 4 is 33.9 Å². The first-order valence-electron chi connectivity index (χ1n) is 8.99. The monoisotopic (exact) mass is 400 g/mol. The molecule has 6 heteroatoms. The van der Waals surface area contributed by atoms with Crippen molar-refractivity contribution in [3.63, 3.8) is 0 Å². The van der Waals surface area contributed by atoms with Gasteiger partial charge in [0.15, 0.2) is 11.5 Å². The summed E-state index contributed by atoms with van der Waals surface area (Å²) in [4.78, 5) is 3.56. The Morgan fingerprint density at radius 2 is 1.83 bits per heavy atom. The minimum Gasteiger partial charge on any atom is -0.495 e. The molecule has 0 saturated carbocycles. The maximum Gasteiger partial charge on any atom is 0.188 e. The molecule has 0 aliphatic heterocycles. The third-order valence-corrected chi connectivity index (χ3v) is 4.91. The van der Waals surface area contributed by atoms with Crippen molar-refractivity contribution < 1.29 is 4.74 Å². The number of methoxy groups -OCH3 is 1. The van der Waals surface area contributed by atoms with Gasteiger partial charge < -0.3 is 10.1 Å². The molecule has 1 heterocycles. The predicted molar refractivity (Wildman–Crippen MR) is 117 cm³/mol. The van der Waals surface area contributed by atoms with Crippen LogP contribution in [0.15, 0.2) is 66.7 Å². The second-order valence-electron chi connectivity index (χ2n) is 6.43. The van der Waals surface area contributed by atoms with Gasteiger partial charge in [-0.1, -0.05) is 60.1 Å². The van der Waals surface area contributed by atoms with E-state index < -0.39 is 0 Å². The number of rotatable bonds is 5. The highest BCUT2D eigenvalue weighted by Crippen LogP contribution is 2.33. The SMILES string of the molecule is [C-]#[N+]c1ccc2c(-c3ccccc3)nnc(NCc3ccc(OC)c(Cl)c3)c2c1. The normalized spacial score (nSPS) is 10.5. The van der Waals surface area contributed by atoms with Crippen LogP contribution in [0.5, 0.6) is 5.75 Å². The Bertz CT molecular complexity index is 1220. The van der Waals surface area contributed by atoms with Gasteiger partial charge in [-0.05, 0) is 23.8 Å². The van der Waals surface area contributed by atoms with Crippen molar-refractivity contribution in [2.75, 3.05) is 12.4 Å². The maximum absolute atomic E-state index is 7.35. The molecule has 5 nitrogen and oxygen atoms in total. The van der Waals surface area contributed by atoms with E-state index in [1.54, 1.807) is 13.2 Å². The Morgan fingerprint density at radius 3 is 2.55 bits per heavy atom. The van der Waals surface area contributed by atoms with Crippen LogP contribution in [0.2, 0.25) is 5.02 Å². The topological polar surface area (TPSA) is 51.4 Å². The number of nitrogens with zero attached hydrogens (tertiary/aromatic N) is 3. The van der Waals surface area contributed by atoms with E-state index in [9.17, 15) is 0 Å². The third kappa shape index (κ3) is 3.84. The molecule has 142 valence electrons. The van der Waals surface area contributed by atoms with E-state index in [4.69, 9.17) is 22.9 Å². The molecule has 0 aliphatic rings. The standard InChI is InChI=1S/C23H17ClN4O/c1-25-17-9-10-18-19(13-17)23(28-27-22(18)16-6-4-3-5-7-16)26-14-15-8-11-21(29-2)20(24)12-15/h3-13H,14H2,2H3,(H,26,28). The van der Waals surface area contributed by atoms with Crippen molar-refractivity contribution in [3.05, 3.63) is 88.7 Å². The molecule has 0 radical (unpaired) electrons. The lowest BCUT2D eigenvalue weighted by atomic mass is 10.0. The van der Waals surface area contributed by atoms with Gasteiger partial charge in [-0.15, -0.1) is 10.2 Å². The van der Waals surface area contributed by atoms with Crippen LogP contribution >= 0.6 is 11.6 Å². The van der Waals surface area contributed by atoms with Gasteiger partial charge >= 0.3 is 0 Å². The van der Waals surface area contributed by atoms with Gasteiger partial charge in [0.05, 0.1) is 18.7 Å². The van der Waals surface area contributed by atoms with Crippen LogP contribution < -0.4 is 10.1 Å². The van der Waals surface area contributed by atoms with Crippen LogP contribution in [0, 0.1) is 6.57 Å². The third-order valence-electron chi connectivity index (χ3n) is 4.62. The minimum atomic E-state index is 0.514. The summed E-state index contributed by atoms with van der Waals surface area (Å²) in [6.45, 7) is 7.86. The molecule has 4 rings (SSSR count). The second kappa shape index (κ2) is 8.17. The average Bonchev–Trinajstić information content (AvgIpc) is 2.77. The summed E-state index contributed by atoms with van der Waals surface area (Å²) in [5.41, 5.74) is 3.31. The molecule has 0 saturated heterocycles. The molecule has 4 aromatic rings. The van der Waals surface area contributed by atoms with Gasteiger partial charge in [0.25, 0.3) is 0 Å². The van der Waals surface area contributed by atoms with Crippen molar-refractivity contribution in [2.45, 2.75) is 6.54 Å². The molecule has 0 bridgehead atoms. The lowest BCUT2D eigenvalue weighted by Crippen LogP contribution is -2.04. The molecule has 29 heavy (non-hydrogen) atoms. The Hall–Kier alpha value is -3.62. The molecule has 1 aromatic heterocycles. The zero-order valence-electron chi connectivity index (χ0n) is 15.7. The summed E-state index contributed by atoms with van der Waals surface area (Å²) in [6, 6.07) is 21.1. The Balaban J connectivity index is 1.73. The van der Waals surface area contributed by atoms with E-state index >= 15 is 0 Å². The molecular formula is C23H17ClN4O. The highest BCUT2D eigenvalue weighted by Gasteiger charge is 2.12. The Morgan fingerprint density at radius 1 is 1.00 bits per heavy atom. The predicted octanol–water partition coefficient (Wildman–Crippen LogP) is 6.12. The summed E-state index contributed by atoms with van der Waals surface area (Å²) >= 11 is 6.22. The number of anilines is 1. The van der Waals surface area contributed by atoms with Crippen LogP contribution in [0.25, 0.3) is 26.9 Å². The van der Waals surface area contributed by atoms with Gasteiger partial charge in [0.1, 0.15) is 11.4 Å². The van der Waals surface area contributed by atoms with E-state index in [2.05, 4.69) is 20.4 Å². The number of hydrogen-bond donors (Lipinski definition) is 1. The van der Waals surface area contributed by atoms with Crippen LogP contribution in [0.3, 0.4) is 0 Å². The average molecular weight is 401 g/mol. The molecule has 0 amide bonds. The van der Waals surface area contributed by atoms with Gasteiger partial charge in [0, 0.05) is 22.9 Å². The lowest BCUT2D eigenvalue weighted by molar-refractivity contribution is 0.415. The van der Waals surface area contributed by atoms with E-state index in [-0.39, 0.29) is 0 Å². The molecule has 0 unspecified atom stereocenters. The fourth-order valence-corrected chi connectivity index (χ4v) is 3.44. The smallest absolute Gasteiger partial charge is 0.188 e. The number of halogens is 1. The number of ether oxygens (including phenoxy) is 1. The number of benzene rings is 3. The fourth-order valence-electron chi connectivity index (χ4n) is 3.16. The van der Waals surface area contributed by atoms with Crippen LogP contribution in [-0.4, -0.2) is 17.3 Å². The van der Waals surface area contributed by atoms with Gasteiger partial charge in [-0.2, -0.15) is 0 Å². The van der Waals surface area contributed by atoms with E-state index in [0.29, 0.717) is 28.8 Å². The van der Waals surface area contributed by atoms with Gasteiger partial charge in [-0.25, -0.2) is 4.85 Å². The van der Waals surface area contributed by atoms with Crippen molar-refractivity contribution in [1.82, 2.24) is 10.2 Å².